The number of benzene rings is 1. The Hall–Kier alpha value is -2.54. The van der Waals surface area contributed by atoms with E-state index in [2.05, 4.69) is 47.5 Å². The Balaban J connectivity index is 1.63. The molecule has 1 aromatic carbocycles. The molecule has 0 aliphatic carbocycles. The third-order valence-corrected chi connectivity index (χ3v) is 6.66. The lowest BCUT2D eigenvalue weighted by molar-refractivity contribution is 0.145. The Labute approximate surface area is 171 Å². The highest BCUT2D eigenvalue weighted by Crippen LogP contribution is 2.48. The molecular formula is C23H27N5O. The minimum absolute atomic E-state index is 0.135. The van der Waals surface area contributed by atoms with Crippen LogP contribution in [-0.2, 0) is 0 Å². The number of pyridine rings is 1. The van der Waals surface area contributed by atoms with Crippen LogP contribution in [0.1, 0.15) is 18.5 Å². The van der Waals surface area contributed by atoms with E-state index in [4.69, 9.17) is 5.10 Å². The fraction of sp³-hybridized carbons (Fsp3) is 0.391. The molecule has 0 radical (unpaired) electrons. The molecule has 3 aromatic rings. The fourth-order valence-corrected chi connectivity index (χ4v) is 5.15. The largest absolute Gasteiger partial charge is 0.394 e. The van der Waals surface area contributed by atoms with Crippen molar-refractivity contribution in [3.63, 3.8) is 0 Å². The molecular weight excluding hydrogens is 362 g/mol. The Kier molecular flexibility index (Phi) is 4.50. The smallest absolute Gasteiger partial charge is 0.0976 e. The van der Waals surface area contributed by atoms with Gasteiger partial charge in [-0.3, -0.25) is 4.98 Å². The number of para-hydroxylation sites is 1. The van der Waals surface area contributed by atoms with Crippen molar-refractivity contribution in [3.8, 4) is 16.9 Å². The normalized spacial score (nSPS) is 29.3. The molecule has 4 heterocycles. The molecule has 2 N–H and O–H groups in total. The van der Waals surface area contributed by atoms with E-state index < -0.39 is 0 Å². The van der Waals surface area contributed by atoms with Crippen molar-refractivity contribution in [2.75, 3.05) is 26.7 Å². The number of hydrogen-bond acceptors (Lipinski definition) is 5. The van der Waals surface area contributed by atoms with Gasteiger partial charge in [0, 0.05) is 54.4 Å². The van der Waals surface area contributed by atoms with Gasteiger partial charge in [0.2, 0.25) is 0 Å². The first-order valence-corrected chi connectivity index (χ1v) is 10.2. The number of nitrogens with zero attached hydrogens (tertiary/aromatic N) is 4. The monoisotopic (exact) mass is 389 g/mol. The molecule has 2 aromatic heterocycles. The van der Waals surface area contributed by atoms with Crippen LogP contribution in [-0.4, -0.2) is 57.1 Å². The van der Waals surface area contributed by atoms with E-state index in [1.165, 1.54) is 5.56 Å². The van der Waals surface area contributed by atoms with E-state index in [0.717, 1.165) is 30.0 Å². The van der Waals surface area contributed by atoms with E-state index >= 15 is 0 Å². The molecule has 0 amide bonds. The highest BCUT2D eigenvalue weighted by atomic mass is 16.3. The van der Waals surface area contributed by atoms with Crippen molar-refractivity contribution in [1.82, 2.24) is 25.0 Å². The van der Waals surface area contributed by atoms with Crippen molar-refractivity contribution in [2.24, 2.45) is 11.8 Å². The zero-order chi connectivity index (χ0) is 20.0. The molecule has 5 rings (SSSR count). The maximum absolute atomic E-state index is 10.2. The molecule has 0 spiro atoms. The van der Waals surface area contributed by atoms with Crippen LogP contribution < -0.4 is 5.32 Å². The first-order valence-electron chi connectivity index (χ1n) is 10.2. The topological polar surface area (TPSA) is 66.2 Å². The Morgan fingerprint density at radius 1 is 1.14 bits per heavy atom. The zero-order valence-corrected chi connectivity index (χ0v) is 16.9. The van der Waals surface area contributed by atoms with Gasteiger partial charge >= 0.3 is 0 Å². The minimum Gasteiger partial charge on any atom is -0.394 e. The summed E-state index contributed by atoms with van der Waals surface area (Å²) in [5.41, 5.74) is 3.97. The number of rotatable bonds is 4. The summed E-state index contributed by atoms with van der Waals surface area (Å²) in [6.45, 7) is 4.31. The Morgan fingerprint density at radius 3 is 2.62 bits per heavy atom. The van der Waals surface area contributed by atoms with Crippen LogP contribution in [0.2, 0.25) is 0 Å². The van der Waals surface area contributed by atoms with Gasteiger partial charge in [-0.15, -0.1) is 0 Å². The van der Waals surface area contributed by atoms with Gasteiger partial charge in [-0.1, -0.05) is 18.2 Å². The van der Waals surface area contributed by atoms with Crippen LogP contribution in [0.25, 0.3) is 16.9 Å². The van der Waals surface area contributed by atoms with Gasteiger partial charge in [-0.25, -0.2) is 4.68 Å². The lowest BCUT2D eigenvalue weighted by Gasteiger charge is -2.29. The lowest BCUT2D eigenvalue weighted by atomic mass is 9.81. The van der Waals surface area contributed by atoms with E-state index in [1.807, 2.05) is 47.4 Å². The molecule has 0 unspecified atom stereocenters. The summed E-state index contributed by atoms with van der Waals surface area (Å²) in [4.78, 5) is 6.55. The first kappa shape index (κ1) is 18.5. The number of nitrogens with one attached hydrogen (secondary N) is 1. The highest BCUT2D eigenvalue weighted by molar-refractivity contribution is 5.64. The number of aliphatic hydroxyl groups excluding tert-OH is 1. The van der Waals surface area contributed by atoms with Crippen LogP contribution >= 0.6 is 0 Å². The van der Waals surface area contributed by atoms with E-state index in [9.17, 15) is 5.11 Å². The maximum Gasteiger partial charge on any atom is 0.0976 e. The summed E-state index contributed by atoms with van der Waals surface area (Å²) in [7, 11) is 2.17. The number of hydrogen-bond donors (Lipinski definition) is 2. The van der Waals surface area contributed by atoms with Gasteiger partial charge in [-0.2, -0.15) is 5.10 Å². The molecule has 6 heteroatoms. The lowest BCUT2D eigenvalue weighted by Crippen LogP contribution is -2.47. The van der Waals surface area contributed by atoms with Crippen LogP contribution in [0.3, 0.4) is 0 Å². The van der Waals surface area contributed by atoms with Gasteiger partial charge in [0.05, 0.1) is 18.0 Å². The van der Waals surface area contributed by atoms with Gasteiger partial charge in [0.1, 0.15) is 0 Å². The summed E-state index contributed by atoms with van der Waals surface area (Å²) < 4.78 is 1.97. The molecule has 2 fully saturated rings. The van der Waals surface area contributed by atoms with E-state index in [1.54, 1.807) is 0 Å². The van der Waals surface area contributed by atoms with Gasteiger partial charge < -0.3 is 15.3 Å². The SMILES string of the molecule is CN1C[C@H]2[C@@H](C1)[C@@](C)(CO)N[C@H]2c1cn(-c2ccccc2)nc1-c1ccncc1. The number of likely N-dealkylation sites (tertiary alicyclic amines) is 1. The van der Waals surface area contributed by atoms with Crippen LogP contribution in [0.15, 0.2) is 61.1 Å². The second kappa shape index (κ2) is 7.06. The summed E-state index contributed by atoms with van der Waals surface area (Å²) >= 11 is 0. The number of fused-ring (bicyclic) bond motifs is 1. The third kappa shape index (κ3) is 3.08. The molecule has 0 saturated carbocycles. The van der Waals surface area contributed by atoms with Gasteiger partial charge in [0.15, 0.2) is 0 Å². The molecule has 150 valence electrons. The molecule has 4 atom stereocenters. The Morgan fingerprint density at radius 2 is 1.90 bits per heavy atom. The molecule has 6 nitrogen and oxygen atoms in total. The summed E-state index contributed by atoms with van der Waals surface area (Å²) in [5, 5.41) is 18.9. The van der Waals surface area contributed by atoms with Crippen molar-refractivity contribution < 1.29 is 5.11 Å². The van der Waals surface area contributed by atoms with Crippen molar-refractivity contribution in [2.45, 2.75) is 18.5 Å². The van der Waals surface area contributed by atoms with E-state index in [0.29, 0.717) is 11.8 Å². The van der Waals surface area contributed by atoms with Crippen LogP contribution in [0.5, 0.6) is 0 Å². The van der Waals surface area contributed by atoms with Gasteiger partial charge in [0.25, 0.3) is 0 Å². The predicted octanol–water partition coefficient (Wildman–Crippen LogP) is 2.51. The fourth-order valence-electron chi connectivity index (χ4n) is 5.15. The van der Waals surface area contributed by atoms with Crippen LogP contribution in [0.4, 0.5) is 0 Å². The highest BCUT2D eigenvalue weighted by Gasteiger charge is 2.54. The summed E-state index contributed by atoms with van der Waals surface area (Å²) in [6, 6.07) is 14.4. The summed E-state index contributed by atoms with van der Waals surface area (Å²) in [6.07, 6.45) is 5.78. The molecule has 2 saturated heterocycles. The number of aliphatic hydroxyl groups is 1. The van der Waals surface area contributed by atoms with E-state index in [-0.39, 0.29) is 18.2 Å². The average Bonchev–Trinajstić information content (AvgIpc) is 3.43. The first-order chi connectivity index (χ1) is 14.1. The maximum atomic E-state index is 10.2. The van der Waals surface area contributed by atoms with Crippen molar-refractivity contribution >= 4 is 0 Å². The second-order valence-electron chi connectivity index (χ2n) is 8.64. The summed E-state index contributed by atoms with van der Waals surface area (Å²) in [5.74, 6) is 0.846. The zero-order valence-electron chi connectivity index (χ0n) is 16.9. The predicted molar refractivity (Wildman–Crippen MR) is 113 cm³/mol. The second-order valence-corrected chi connectivity index (χ2v) is 8.64. The Bertz CT molecular complexity index is 989. The molecule has 29 heavy (non-hydrogen) atoms. The van der Waals surface area contributed by atoms with Crippen molar-refractivity contribution in [3.05, 3.63) is 66.6 Å². The minimum atomic E-state index is -0.287. The molecule has 2 aliphatic heterocycles. The standard InChI is InChI=1S/C23H27N5O/c1-23(15-29)20-14-27(2)12-18(20)22(25-23)19-13-28(17-6-4-3-5-7-17)26-21(19)16-8-10-24-11-9-16/h3-11,13,18,20,22,25,29H,12,14-15H2,1-2H3/t18-,20+,22+,23+/m0/s1. The molecule has 0 bridgehead atoms. The van der Waals surface area contributed by atoms with Gasteiger partial charge in [-0.05, 0) is 50.1 Å². The third-order valence-electron chi connectivity index (χ3n) is 6.66. The van der Waals surface area contributed by atoms with Crippen molar-refractivity contribution in [1.29, 1.82) is 0 Å². The average molecular weight is 390 g/mol. The van der Waals surface area contributed by atoms with Crippen LogP contribution in [0, 0.1) is 11.8 Å². The quantitative estimate of drug-likeness (QED) is 0.718. The molecule has 2 aliphatic rings. The number of aromatic nitrogens is 3.